The Kier molecular flexibility index (Phi) is 3.13. The molecule has 0 aliphatic heterocycles. The number of aromatic amines is 1. The molecule has 0 aliphatic rings. The Morgan fingerprint density at radius 3 is 2.68 bits per heavy atom. The highest BCUT2D eigenvalue weighted by atomic mass is 35.5. The van der Waals surface area contributed by atoms with Crippen molar-refractivity contribution in [3.63, 3.8) is 0 Å². The summed E-state index contributed by atoms with van der Waals surface area (Å²) in [4.78, 5) is 12.2. The molecule has 22 heavy (non-hydrogen) atoms. The van der Waals surface area contributed by atoms with Crippen LogP contribution in [0.2, 0.25) is 10.0 Å². The van der Waals surface area contributed by atoms with E-state index in [1.807, 2.05) is 30.3 Å². The second kappa shape index (κ2) is 5.16. The van der Waals surface area contributed by atoms with Crippen molar-refractivity contribution in [2.24, 2.45) is 0 Å². The van der Waals surface area contributed by atoms with Gasteiger partial charge < -0.3 is 10.3 Å². The Labute approximate surface area is 136 Å². The van der Waals surface area contributed by atoms with Gasteiger partial charge in [-0.2, -0.15) is 0 Å². The van der Waals surface area contributed by atoms with E-state index in [1.165, 1.54) is 0 Å². The van der Waals surface area contributed by atoms with E-state index in [1.54, 1.807) is 18.3 Å². The number of nitrogens with zero attached hydrogens (tertiary/aromatic N) is 2. The van der Waals surface area contributed by atoms with Crippen molar-refractivity contribution >= 4 is 56.8 Å². The molecule has 2 N–H and O–H groups in total. The average molecular weight is 329 g/mol. The van der Waals surface area contributed by atoms with Crippen molar-refractivity contribution in [2.75, 3.05) is 5.32 Å². The van der Waals surface area contributed by atoms with E-state index in [2.05, 4.69) is 20.3 Å². The van der Waals surface area contributed by atoms with Gasteiger partial charge in [0.15, 0.2) is 0 Å². The van der Waals surface area contributed by atoms with E-state index >= 15 is 0 Å². The molecule has 0 aliphatic carbocycles. The number of benzene rings is 2. The van der Waals surface area contributed by atoms with Gasteiger partial charge in [0.05, 0.1) is 27.3 Å². The van der Waals surface area contributed by atoms with Gasteiger partial charge in [0.1, 0.15) is 5.52 Å². The van der Waals surface area contributed by atoms with Crippen LogP contribution in [0, 0.1) is 0 Å². The normalized spacial score (nSPS) is 11.2. The first-order valence-electron chi connectivity index (χ1n) is 6.66. The molecule has 0 saturated heterocycles. The number of rotatable bonds is 2. The van der Waals surface area contributed by atoms with Gasteiger partial charge >= 0.3 is 0 Å². The van der Waals surface area contributed by atoms with Crippen LogP contribution in [0.3, 0.4) is 0 Å². The van der Waals surface area contributed by atoms with Crippen LogP contribution in [0.4, 0.5) is 11.6 Å². The first-order chi connectivity index (χ1) is 10.7. The van der Waals surface area contributed by atoms with Crippen LogP contribution in [0.15, 0.2) is 48.7 Å². The van der Waals surface area contributed by atoms with Crippen molar-refractivity contribution < 1.29 is 0 Å². The summed E-state index contributed by atoms with van der Waals surface area (Å²) in [6.07, 6.45) is 1.76. The Morgan fingerprint density at radius 1 is 0.955 bits per heavy atom. The molecule has 4 rings (SSSR count). The quantitative estimate of drug-likeness (QED) is 0.534. The second-order valence-electron chi connectivity index (χ2n) is 4.87. The highest BCUT2D eigenvalue weighted by Gasteiger charge is 2.08. The summed E-state index contributed by atoms with van der Waals surface area (Å²) in [7, 11) is 0. The SMILES string of the molecule is Clc1ccc(Nc2nc3cnc4ccccc4c3[nH]2)cc1Cl. The molecular formula is C16H10Cl2N4. The highest BCUT2D eigenvalue weighted by Crippen LogP contribution is 2.28. The molecule has 2 aromatic heterocycles. The standard InChI is InChI=1S/C16H10Cl2N4/c17-11-6-5-9(7-12(11)18)20-16-21-14-8-19-13-4-2-1-3-10(13)15(14)22-16/h1-8H,(H2,20,21,22). The van der Waals surface area contributed by atoms with Crippen molar-refractivity contribution in [3.8, 4) is 0 Å². The fourth-order valence-electron chi connectivity index (χ4n) is 2.38. The van der Waals surface area contributed by atoms with Gasteiger partial charge in [-0.05, 0) is 24.3 Å². The maximum atomic E-state index is 6.02. The zero-order valence-electron chi connectivity index (χ0n) is 11.3. The molecule has 0 atom stereocenters. The summed E-state index contributed by atoms with van der Waals surface area (Å²) >= 11 is 11.9. The van der Waals surface area contributed by atoms with Crippen LogP contribution in [0.25, 0.3) is 21.9 Å². The Bertz CT molecular complexity index is 994. The van der Waals surface area contributed by atoms with Gasteiger partial charge in [-0.15, -0.1) is 0 Å². The van der Waals surface area contributed by atoms with E-state index in [0.717, 1.165) is 27.6 Å². The predicted molar refractivity (Wildman–Crippen MR) is 91.1 cm³/mol. The van der Waals surface area contributed by atoms with E-state index in [4.69, 9.17) is 23.2 Å². The average Bonchev–Trinajstić information content (AvgIpc) is 2.94. The molecule has 0 amide bonds. The molecule has 0 radical (unpaired) electrons. The Hall–Kier alpha value is -2.30. The number of aromatic nitrogens is 3. The summed E-state index contributed by atoms with van der Waals surface area (Å²) < 4.78 is 0. The molecule has 0 spiro atoms. The number of pyridine rings is 1. The minimum Gasteiger partial charge on any atom is -0.326 e. The number of H-pyrrole nitrogens is 1. The molecule has 0 saturated carbocycles. The van der Waals surface area contributed by atoms with E-state index in [0.29, 0.717) is 16.0 Å². The lowest BCUT2D eigenvalue weighted by molar-refractivity contribution is 1.31. The van der Waals surface area contributed by atoms with Crippen LogP contribution in [-0.2, 0) is 0 Å². The van der Waals surface area contributed by atoms with Crippen molar-refractivity contribution in [1.82, 2.24) is 15.0 Å². The van der Waals surface area contributed by atoms with Gasteiger partial charge in [-0.1, -0.05) is 41.4 Å². The number of hydrogen-bond donors (Lipinski definition) is 2. The van der Waals surface area contributed by atoms with E-state index < -0.39 is 0 Å². The van der Waals surface area contributed by atoms with Crippen molar-refractivity contribution in [2.45, 2.75) is 0 Å². The smallest absolute Gasteiger partial charge is 0.205 e. The van der Waals surface area contributed by atoms with E-state index in [9.17, 15) is 0 Å². The monoisotopic (exact) mass is 328 g/mol. The zero-order valence-corrected chi connectivity index (χ0v) is 12.8. The molecule has 6 heteroatoms. The molecule has 2 heterocycles. The van der Waals surface area contributed by atoms with Gasteiger partial charge in [0, 0.05) is 11.1 Å². The summed E-state index contributed by atoms with van der Waals surface area (Å²) in [6.45, 7) is 0. The van der Waals surface area contributed by atoms with Crippen molar-refractivity contribution in [1.29, 1.82) is 0 Å². The summed E-state index contributed by atoms with van der Waals surface area (Å²) in [5.41, 5.74) is 3.50. The highest BCUT2D eigenvalue weighted by molar-refractivity contribution is 6.42. The lowest BCUT2D eigenvalue weighted by Crippen LogP contribution is -1.91. The van der Waals surface area contributed by atoms with Crippen LogP contribution in [0.5, 0.6) is 0 Å². The first kappa shape index (κ1) is 13.4. The summed E-state index contributed by atoms with van der Waals surface area (Å²) in [6, 6.07) is 13.3. The maximum Gasteiger partial charge on any atom is 0.205 e. The number of anilines is 2. The number of hydrogen-bond acceptors (Lipinski definition) is 3. The molecular weight excluding hydrogens is 319 g/mol. The lowest BCUT2D eigenvalue weighted by atomic mass is 10.2. The molecule has 4 nitrogen and oxygen atoms in total. The number of fused-ring (bicyclic) bond motifs is 3. The second-order valence-corrected chi connectivity index (χ2v) is 5.69. The third-order valence-electron chi connectivity index (χ3n) is 3.41. The fourth-order valence-corrected chi connectivity index (χ4v) is 2.68. The first-order valence-corrected chi connectivity index (χ1v) is 7.42. The molecule has 0 fully saturated rings. The molecule has 2 aromatic carbocycles. The topological polar surface area (TPSA) is 53.6 Å². The van der Waals surface area contributed by atoms with Crippen LogP contribution in [0.1, 0.15) is 0 Å². The van der Waals surface area contributed by atoms with Gasteiger partial charge in [-0.25, -0.2) is 4.98 Å². The van der Waals surface area contributed by atoms with Gasteiger partial charge in [0.2, 0.25) is 5.95 Å². The molecule has 0 bridgehead atoms. The number of imidazole rings is 1. The number of halogens is 2. The van der Waals surface area contributed by atoms with Gasteiger partial charge in [0.25, 0.3) is 0 Å². The molecule has 0 unspecified atom stereocenters. The Morgan fingerprint density at radius 2 is 1.82 bits per heavy atom. The minimum atomic E-state index is 0.495. The minimum absolute atomic E-state index is 0.495. The molecule has 4 aromatic rings. The lowest BCUT2D eigenvalue weighted by Gasteiger charge is -2.03. The van der Waals surface area contributed by atoms with E-state index in [-0.39, 0.29) is 0 Å². The third-order valence-corrected chi connectivity index (χ3v) is 4.15. The maximum absolute atomic E-state index is 6.02. The molecule has 108 valence electrons. The largest absolute Gasteiger partial charge is 0.326 e. The van der Waals surface area contributed by atoms with Gasteiger partial charge in [-0.3, -0.25) is 4.98 Å². The zero-order chi connectivity index (χ0) is 15.1. The van der Waals surface area contributed by atoms with Crippen LogP contribution >= 0.6 is 23.2 Å². The number of nitrogens with one attached hydrogen (secondary N) is 2. The van der Waals surface area contributed by atoms with Crippen LogP contribution < -0.4 is 5.32 Å². The fraction of sp³-hybridized carbons (Fsp3) is 0. The summed E-state index contributed by atoms with van der Waals surface area (Å²) in [5.74, 6) is 0.631. The summed E-state index contributed by atoms with van der Waals surface area (Å²) in [5, 5.41) is 5.24. The van der Waals surface area contributed by atoms with Crippen LogP contribution in [-0.4, -0.2) is 15.0 Å². The van der Waals surface area contributed by atoms with Crippen molar-refractivity contribution in [3.05, 3.63) is 58.7 Å². The number of para-hydroxylation sites is 1. The Balaban J connectivity index is 1.79. The predicted octanol–water partition coefficient (Wildman–Crippen LogP) is 5.16. The third kappa shape index (κ3) is 2.26.